The average molecular weight is 400 g/mol. The zero-order valence-corrected chi connectivity index (χ0v) is 17.7. The molecule has 0 spiro atoms. The van der Waals surface area contributed by atoms with Crippen molar-refractivity contribution in [1.29, 1.82) is 0 Å². The van der Waals surface area contributed by atoms with Crippen molar-refractivity contribution in [3.8, 4) is 5.88 Å². The molecule has 5 nitrogen and oxygen atoms in total. The quantitative estimate of drug-likeness (QED) is 0.728. The number of ether oxygens (including phenoxy) is 1. The highest BCUT2D eigenvalue weighted by atomic mass is 19.1. The maximum Gasteiger partial charge on any atom is 0.237 e. The molecule has 0 radical (unpaired) electrons. The molecule has 1 unspecified atom stereocenters. The zero-order valence-electron chi connectivity index (χ0n) is 17.7. The van der Waals surface area contributed by atoms with Crippen molar-refractivity contribution < 1.29 is 13.9 Å². The van der Waals surface area contributed by atoms with Crippen LogP contribution in [-0.4, -0.2) is 38.8 Å². The van der Waals surface area contributed by atoms with Gasteiger partial charge in [0, 0.05) is 37.3 Å². The van der Waals surface area contributed by atoms with Gasteiger partial charge in [0.05, 0.1) is 0 Å². The third-order valence-electron chi connectivity index (χ3n) is 5.28. The first kappa shape index (κ1) is 21.4. The molecule has 1 aliphatic heterocycles. The van der Waals surface area contributed by atoms with E-state index in [2.05, 4.69) is 21.8 Å². The summed E-state index contributed by atoms with van der Waals surface area (Å²) >= 11 is 0. The lowest BCUT2D eigenvalue weighted by molar-refractivity contribution is -0.124. The van der Waals surface area contributed by atoms with Gasteiger partial charge in [-0.15, -0.1) is 0 Å². The topological polar surface area (TPSA) is 55.3 Å². The number of aromatic nitrogens is 2. The van der Waals surface area contributed by atoms with E-state index in [0.29, 0.717) is 18.0 Å². The standard InChI is InChI=1S/C23H30FN3O2/c1-16-13-18(21(28)14-17-7-5-6-8-19(17)24)9-12-27(16)15-20-22(26-11-10-25-20)29-23(2,3)4/h5-8,10-11,16,18H,9,12-15H2,1-4H3/t16-,18?/m0/s1. The summed E-state index contributed by atoms with van der Waals surface area (Å²) in [5.41, 5.74) is 0.948. The fraction of sp³-hybridized carbons (Fsp3) is 0.522. The Kier molecular flexibility index (Phi) is 6.63. The molecule has 0 amide bonds. The normalized spacial score (nSPS) is 20.4. The number of nitrogens with zero attached hydrogens (tertiary/aromatic N) is 3. The molecule has 29 heavy (non-hydrogen) atoms. The van der Waals surface area contributed by atoms with Crippen molar-refractivity contribution in [3.05, 3.63) is 53.7 Å². The van der Waals surface area contributed by atoms with E-state index in [0.717, 1.165) is 25.1 Å². The van der Waals surface area contributed by atoms with Crippen molar-refractivity contribution in [2.75, 3.05) is 6.54 Å². The lowest BCUT2D eigenvalue weighted by Gasteiger charge is -2.37. The van der Waals surface area contributed by atoms with Gasteiger partial charge in [0.1, 0.15) is 22.9 Å². The van der Waals surface area contributed by atoms with E-state index in [4.69, 9.17) is 4.74 Å². The Bertz CT molecular complexity index is 850. The number of ketones is 1. The summed E-state index contributed by atoms with van der Waals surface area (Å²) in [6.45, 7) is 9.51. The number of likely N-dealkylation sites (tertiary alicyclic amines) is 1. The van der Waals surface area contributed by atoms with Crippen molar-refractivity contribution in [1.82, 2.24) is 14.9 Å². The van der Waals surface area contributed by atoms with Crippen LogP contribution in [0.2, 0.25) is 0 Å². The summed E-state index contributed by atoms with van der Waals surface area (Å²) in [6, 6.07) is 6.74. The number of rotatable bonds is 6. The van der Waals surface area contributed by atoms with Crippen LogP contribution in [0.5, 0.6) is 5.88 Å². The number of halogens is 1. The Morgan fingerprint density at radius 3 is 2.66 bits per heavy atom. The van der Waals surface area contributed by atoms with E-state index >= 15 is 0 Å². The molecular weight excluding hydrogens is 369 g/mol. The van der Waals surface area contributed by atoms with Crippen molar-refractivity contribution in [2.45, 2.75) is 65.1 Å². The van der Waals surface area contributed by atoms with Crippen LogP contribution in [-0.2, 0) is 17.8 Å². The fourth-order valence-corrected chi connectivity index (χ4v) is 3.75. The van der Waals surface area contributed by atoms with E-state index in [1.54, 1.807) is 30.6 Å². The van der Waals surface area contributed by atoms with Gasteiger partial charge in [0.25, 0.3) is 0 Å². The lowest BCUT2D eigenvalue weighted by atomic mass is 9.85. The van der Waals surface area contributed by atoms with Gasteiger partial charge in [-0.05, 0) is 58.7 Å². The molecule has 2 aromatic rings. The van der Waals surface area contributed by atoms with Gasteiger partial charge in [0.2, 0.25) is 5.88 Å². The first-order valence-electron chi connectivity index (χ1n) is 10.2. The summed E-state index contributed by atoms with van der Waals surface area (Å²) in [5, 5.41) is 0. The molecule has 0 N–H and O–H groups in total. The van der Waals surface area contributed by atoms with E-state index in [1.165, 1.54) is 6.07 Å². The van der Waals surface area contributed by atoms with Crippen LogP contribution in [0.3, 0.4) is 0 Å². The first-order valence-corrected chi connectivity index (χ1v) is 10.2. The summed E-state index contributed by atoms with van der Waals surface area (Å²) in [7, 11) is 0. The predicted octanol–water partition coefficient (Wildman–Crippen LogP) is 4.21. The molecule has 2 atom stereocenters. The number of Topliss-reactive ketones (excluding diaryl/α,β-unsaturated/α-hetero) is 1. The maximum absolute atomic E-state index is 13.9. The van der Waals surface area contributed by atoms with Gasteiger partial charge < -0.3 is 4.74 Å². The van der Waals surface area contributed by atoms with E-state index in [-0.39, 0.29) is 35.6 Å². The Labute approximate surface area is 172 Å². The molecule has 1 saturated heterocycles. The number of carbonyl (C=O) groups excluding carboxylic acids is 1. The Balaban J connectivity index is 1.61. The summed E-state index contributed by atoms with van der Waals surface area (Å²) < 4.78 is 19.8. The largest absolute Gasteiger partial charge is 0.471 e. The second-order valence-electron chi connectivity index (χ2n) is 8.80. The number of hydrogen-bond donors (Lipinski definition) is 0. The Hall–Kier alpha value is -2.34. The smallest absolute Gasteiger partial charge is 0.237 e. The third-order valence-corrected chi connectivity index (χ3v) is 5.28. The maximum atomic E-state index is 13.9. The average Bonchev–Trinajstić information content (AvgIpc) is 2.65. The molecule has 1 aromatic heterocycles. The van der Waals surface area contributed by atoms with E-state index in [1.807, 2.05) is 20.8 Å². The molecular formula is C23H30FN3O2. The number of carbonyl (C=O) groups is 1. The summed E-state index contributed by atoms with van der Waals surface area (Å²) in [5.74, 6) is 0.344. The van der Waals surface area contributed by atoms with Gasteiger partial charge in [-0.2, -0.15) is 0 Å². The van der Waals surface area contributed by atoms with Gasteiger partial charge >= 0.3 is 0 Å². The van der Waals surface area contributed by atoms with Crippen molar-refractivity contribution in [2.24, 2.45) is 5.92 Å². The Morgan fingerprint density at radius 2 is 1.97 bits per heavy atom. The number of hydrogen-bond acceptors (Lipinski definition) is 5. The van der Waals surface area contributed by atoms with E-state index < -0.39 is 0 Å². The van der Waals surface area contributed by atoms with Crippen LogP contribution < -0.4 is 4.74 Å². The highest BCUT2D eigenvalue weighted by molar-refractivity contribution is 5.83. The minimum Gasteiger partial charge on any atom is -0.471 e. The minimum atomic E-state index is -0.345. The molecule has 0 saturated carbocycles. The Morgan fingerprint density at radius 1 is 1.24 bits per heavy atom. The molecule has 1 aromatic carbocycles. The molecule has 0 bridgehead atoms. The SMILES string of the molecule is C[C@H]1CC(C(=O)Cc2ccccc2F)CCN1Cc1nccnc1OC(C)(C)C. The fourth-order valence-electron chi connectivity index (χ4n) is 3.75. The summed E-state index contributed by atoms with van der Waals surface area (Å²) in [4.78, 5) is 23.9. The monoisotopic (exact) mass is 399 g/mol. The molecule has 2 heterocycles. The second-order valence-corrected chi connectivity index (χ2v) is 8.80. The van der Waals surface area contributed by atoms with Crippen LogP contribution in [0.4, 0.5) is 4.39 Å². The molecule has 3 rings (SSSR count). The number of benzene rings is 1. The predicted molar refractivity (Wildman–Crippen MR) is 110 cm³/mol. The first-order chi connectivity index (χ1) is 13.7. The minimum absolute atomic E-state index is 0.0343. The molecule has 156 valence electrons. The van der Waals surface area contributed by atoms with Crippen molar-refractivity contribution >= 4 is 5.78 Å². The molecule has 1 aliphatic rings. The second kappa shape index (κ2) is 8.99. The lowest BCUT2D eigenvalue weighted by Crippen LogP contribution is -2.42. The van der Waals surface area contributed by atoms with E-state index in [9.17, 15) is 9.18 Å². The van der Waals surface area contributed by atoms with Gasteiger partial charge in [0.15, 0.2) is 0 Å². The van der Waals surface area contributed by atoms with Crippen LogP contribution >= 0.6 is 0 Å². The van der Waals surface area contributed by atoms with Gasteiger partial charge in [-0.3, -0.25) is 14.7 Å². The van der Waals surface area contributed by atoms with Crippen molar-refractivity contribution in [3.63, 3.8) is 0 Å². The van der Waals surface area contributed by atoms with Crippen LogP contribution in [0.15, 0.2) is 36.7 Å². The van der Waals surface area contributed by atoms with Gasteiger partial charge in [-0.25, -0.2) is 9.37 Å². The van der Waals surface area contributed by atoms with Crippen LogP contribution in [0.25, 0.3) is 0 Å². The summed E-state index contributed by atoms with van der Waals surface area (Å²) in [6.07, 6.45) is 5.02. The number of piperidine rings is 1. The van der Waals surface area contributed by atoms with Crippen LogP contribution in [0.1, 0.15) is 51.8 Å². The molecule has 0 aliphatic carbocycles. The highest BCUT2D eigenvalue weighted by Gasteiger charge is 2.31. The van der Waals surface area contributed by atoms with Crippen LogP contribution in [0, 0.1) is 11.7 Å². The molecule has 1 fully saturated rings. The van der Waals surface area contributed by atoms with Gasteiger partial charge in [-0.1, -0.05) is 18.2 Å². The third kappa shape index (κ3) is 5.82. The zero-order chi connectivity index (χ0) is 21.0. The highest BCUT2D eigenvalue weighted by Crippen LogP contribution is 2.28. The molecule has 6 heteroatoms.